The number of piperazine rings is 1. The van der Waals surface area contributed by atoms with Gasteiger partial charge in [-0.15, -0.1) is 0 Å². The van der Waals surface area contributed by atoms with Gasteiger partial charge in [-0.3, -0.25) is 4.79 Å². The molecule has 0 aromatic carbocycles. The van der Waals surface area contributed by atoms with Crippen molar-refractivity contribution in [3.05, 3.63) is 24.4 Å². The first-order valence-electron chi connectivity index (χ1n) is 8.71. The van der Waals surface area contributed by atoms with Crippen molar-refractivity contribution < 1.29 is 13.2 Å². The SMILES string of the molecule is O=C(NCCS(=O)(=O)N1CCN(c2ccccn2)CC1)C1CCCN1. The maximum absolute atomic E-state index is 12.5. The number of carbonyl (C=O) groups is 1. The molecule has 2 aliphatic heterocycles. The molecule has 1 aromatic heterocycles. The molecular weight excluding hydrogens is 342 g/mol. The zero-order valence-corrected chi connectivity index (χ0v) is 15.0. The van der Waals surface area contributed by atoms with Gasteiger partial charge in [0, 0.05) is 38.9 Å². The summed E-state index contributed by atoms with van der Waals surface area (Å²) in [5.41, 5.74) is 0. The molecular formula is C16H25N5O3S. The fourth-order valence-electron chi connectivity index (χ4n) is 3.20. The summed E-state index contributed by atoms with van der Waals surface area (Å²) in [7, 11) is -3.36. The van der Waals surface area contributed by atoms with E-state index < -0.39 is 10.0 Å². The van der Waals surface area contributed by atoms with Gasteiger partial charge < -0.3 is 15.5 Å². The topological polar surface area (TPSA) is 94.6 Å². The van der Waals surface area contributed by atoms with Gasteiger partial charge in [0.2, 0.25) is 15.9 Å². The number of aromatic nitrogens is 1. The van der Waals surface area contributed by atoms with E-state index in [1.165, 1.54) is 4.31 Å². The van der Waals surface area contributed by atoms with Crippen LogP contribution in [0, 0.1) is 0 Å². The third-order valence-corrected chi connectivity index (χ3v) is 6.51. The van der Waals surface area contributed by atoms with Gasteiger partial charge in [0.05, 0.1) is 11.8 Å². The molecule has 2 aliphatic rings. The lowest BCUT2D eigenvalue weighted by Crippen LogP contribution is -2.50. The molecule has 0 aliphatic carbocycles. The van der Waals surface area contributed by atoms with Crippen molar-refractivity contribution in [3.8, 4) is 0 Å². The second kappa shape index (κ2) is 8.11. The minimum absolute atomic E-state index is 0.0605. The van der Waals surface area contributed by atoms with Crippen LogP contribution in [0.2, 0.25) is 0 Å². The summed E-state index contributed by atoms with van der Waals surface area (Å²) < 4.78 is 26.4. The van der Waals surface area contributed by atoms with Gasteiger partial charge in [0.1, 0.15) is 5.82 Å². The highest BCUT2D eigenvalue weighted by atomic mass is 32.2. The lowest BCUT2D eigenvalue weighted by molar-refractivity contribution is -0.122. The van der Waals surface area contributed by atoms with Crippen molar-refractivity contribution in [2.75, 3.05) is 49.9 Å². The molecule has 2 N–H and O–H groups in total. The molecule has 0 spiro atoms. The molecule has 138 valence electrons. The Hall–Kier alpha value is -1.71. The number of sulfonamides is 1. The summed E-state index contributed by atoms with van der Waals surface area (Å²) in [5.74, 6) is 0.707. The molecule has 0 bridgehead atoms. The molecule has 2 fully saturated rings. The Morgan fingerprint density at radius 1 is 1.28 bits per heavy atom. The van der Waals surface area contributed by atoms with Crippen LogP contribution in [0.3, 0.4) is 0 Å². The van der Waals surface area contributed by atoms with Crippen LogP contribution in [0.15, 0.2) is 24.4 Å². The van der Waals surface area contributed by atoms with E-state index in [1.807, 2.05) is 18.2 Å². The third-order valence-electron chi connectivity index (χ3n) is 4.64. The molecule has 2 saturated heterocycles. The van der Waals surface area contributed by atoms with E-state index in [-0.39, 0.29) is 24.2 Å². The molecule has 8 nitrogen and oxygen atoms in total. The lowest BCUT2D eigenvalue weighted by atomic mass is 10.2. The molecule has 1 amide bonds. The standard InChI is InChI=1S/C16H25N5O3S/c22-16(14-4-3-7-17-14)19-8-13-25(23,24)21-11-9-20(10-12-21)15-5-1-2-6-18-15/h1-2,5-6,14,17H,3-4,7-13H2,(H,19,22). The number of rotatable bonds is 6. The van der Waals surface area contributed by atoms with E-state index in [4.69, 9.17) is 0 Å². The molecule has 9 heteroatoms. The zero-order chi connectivity index (χ0) is 17.7. The van der Waals surface area contributed by atoms with E-state index in [2.05, 4.69) is 20.5 Å². The molecule has 0 saturated carbocycles. The number of pyridine rings is 1. The Balaban J connectivity index is 1.44. The van der Waals surface area contributed by atoms with Crippen molar-refractivity contribution in [1.29, 1.82) is 0 Å². The molecule has 1 atom stereocenters. The summed E-state index contributed by atoms with van der Waals surface area (Å²) in [5, 5.41) is 5.83. The van der Waals surface area contributed by atoms with Crippen molar-refractivity contribution in [1.82, 2.24) is 19.9 Å². The Morgan fingerprint density at radius 2 is 2.08 bits per heavy atom. The van der Waals surface area contributed by atoms with E-state index >= 15 is 0 Å². The highest BCUT2D eigenvalue weighted by Gasteiger charge is 2.28. The minimum Gasteiger partial charge on any atom is -0.354 e. The number of anilines is 1. The molecule has 1 aromatic rings. The van der Waals surface area contributed by atoms with Crippen LogP contribution in [0.4, 0.5) is 5.82 Å². The Labute approximate surface area is 148 Å². The lowest BCUT2D eigenvalue weighted by Gasteiger charge is -2.34. The van der Waals surface area contributed by atoms with Crippen LogP contribution in [0.5, 0.6) is 0 Å². The Bertz CT molecular complexity index is 668. The fraction of sp³-hybridized carbons (Fsp3) is 0.625. The average molecular weight is 367 g/mol. The maximum Gasteiger partial charge on any atom is 0.237 e. The van der Waals surface area contributed by atoms with Gasteiger partial charge in [-0.2, -0.15) is 4.31 Å². The summed E-state index contributed by atoms with van der Waals surface area (Å²) in [6.07, 6.45) is 3.53. The summed E-state index contributed by atoms with van der Waals surface area (Å²) >= 11 is 0. The van der Waals surface area contributed by atoms with E-state index in [1.54, 1.807) is 6.20 Å². The number of hydrogen-bond acceptors (Lipinski definition) is 6. The van der Waals surface area contributed by atoms with Crippen LogP contribution >= 0.6 is 0 Å². The van der Waals surface area contributed by atoms with Gasteiger partial charge in [0.25, 0.3) is 0 Å². The highest BCUT2D eigenvalue weighted by molar-refractivity contribution is 7.89. The van der Waals surface area contributed by atoms with Crippen LogP contribution in [0.25, 0.3) is 0 Å². The number of carbonyl (C=O) groups excluding carboxylic acids is 1. The second-order valence-corrected chi connectivity index (χ2v) is 8.42. The van der Waals surface area contributed by atoms with E-state index in [9.17, 15) is 13.2 Å². The van der Waals surface area contributed by atoms with Crippen molar-refractivity contribution in [2.24, 2.45) is 0 Å². The first-order valence-corrected chi connectivity index (χ1v) is 10.3. The predicted molar refractivity (Wildman–Crippen MR) is 95.8 cm³/mol. The number of hydrogen-bond donors (Lipinski definition) is 2. The Kier molecular flexibility index (Phi) is 5.87. The van der Waals surface area contributed by atoms with Crippen LogP contribution in [0.1, 0.15) is 12.8 Å². The van der Waals surface area contributed by atoms with Gasteiger partial charge >= 0.3 is 0 Å². The van der Waals surface area contributed by atoms with E-state index in [0.717, 1.165) is 25.2 Å². The number of nitrogens with zero attached hydrogens (tertiary/aromatic N) is 3. The molecule has 1 unspecified atom stereocenters. The van der Waals surface area contributed by atoms with Crippen LogP contribution in [-0.4, -0.2) is 74.7 Å². The molecule has 3 heterocycles. The predicted octanol–water partition coefficient (Wildman–Crippen LogP) is -0.598. The monoisotopic (exact) mass is 367 g/mol. The third kappa shape index (κ3) is 4.68. The normalized spacial score (nSPS) is 22.1. The fourth-order valence-corrected chi connectivity index (χ4v) is 4.54. The summed E-state index contributed by atoms with van der Waals surface area (Å²) in [6.45, 7) is 3.12. The van der Waals surface area contributed by atoms with Crippen molar-refractivity contribution in [3.63, 3.8) is 0 Å². The maximum atomic E-state index is 12.5. The van der Waals surface area contributed by atoms with Gasteiger partial charge in [-0.1, -0.05) is 6.07 Å². The van der Waals surface area contributed by atoms with Gasteiger partial charge in [0.15, 0.2) is 0 Å². The summed E-state index contributed by atoms with van der Waals surface area (Å²) in [6, 6.07) is 5.54. The quantitative estimate of drug-likeness (QED) is 0.697. The Morgan fingerprint density at radius 3 is 2.72 bits per heavy atom. The highest BCUT2D eigenvalue weighted by Crippen LogP contribution is 2.14. The first kappa shape index (κ1) is 18.1. The molecule has 0 radical (unpaired) electrons. The molecule has 25 heavy (non-hydrogen) atoms. The number of amides is 1. The second-order valence-electron chi connectivity index (χ2n) is 6.33. The smallest absolute Gasteiger partial charge is 0.237 e. The van der Waals surface area contributed by atoms with Crippen LogP contribution in [-0.2, 0) is 14.8 Å². The minimum atomic E-state index is -3.36. The molecule has 3 rings (SSSR count). The summed E-state index contributed by atoms with van der Waals surface area (Å²) in [4.78, 5) is 18.3. The van der Waals surface area contributed by atoms with Gasteiger partial charge in [-0.25, -0.2) is 13.4 Å². The van der Waals surface area contributed by atoms with Crippen molar-refractivity contribution >= 4 is 21.7 Å². The van der Waals surface area contributed by atoms with Crippen LogP contribution < -0.4 is 15.5 Å². The first-order chi connectivity index (χ1) is 12.1. The average Bonchev–Trinajstić information content (AvgIpc) is 3.17. The van der Waals surface area contributed by atoms with Gasteiger partial charge in [-0.05, 0) is 31.5 Å². The largest absolute Gasteiger partial charge is 0.354 e. The van der Waals surface area contributed by atoms with Crippen molar-refractivity contribution in [2.45, 2.75) is 18.9 Å². The number of nitrogens with one attached hydrogen (secondary N) is 2. The van der Waals surface area contributed by atoms with E-state index in [0.29, 0.717) is 26.2 Å². The zero-order valence-electron chi connectivity index (χ0n) is 14.2.